The van der Waals surface area contributed by atoms with E-state index in [2.05, 4.69) is 0 Å². The summed E-state index contributed by atoms with van der Waals surface area (Å²) in [4.78, 5) is 20.6. The molecule has 0 saturated heterocycles. The second kappa shape index (κ2) is 6.11. The topological polar surface area (TPSA) is 34.1 Å². The minimum absolute atomic E-state index is 0. The summed E-state index contributed by atoms with van der Waals surface area (Å²) in [5, 5.41) is 0. The van der Waals surface area contributed by atoms with Crippen molar-refractivity contribution in [2.75, 3.05) is 0 Å². The first kappa shape index (κ1) is 11.7. The van der Waals surface area contributed by atoms with Crippen LogP contribution < -0.4 is 0 Å². The molecule has 0 aliphatic rings. The van der Waals surface area contributed by atoms with E-state index in [9.17, 15) is 9.59 Å². The fourth-order valence-electron chi connectivity index (χ4n) is 0.403. The average Bonchev–Trinajstić information content (AvgIpc) is 1.67. The van der Waals surface area contributed by atoms with E-state index >= 15 is 0 Å². The summed E-state index contributed by atoms with van der Waals surface area (Å²) in [5.41, 5.74) is 0. The van der Waals surface area contributed by atoms with Gasteiger partial charge >= 0.3 is 0 Å². The van der Waals surface area contributed by atoms with Gasteiger partial charge in [-0.3, -0.25) is 9.59 Å². The van der Waals surface area contributed by atoms with Gasteiger partial charge in [-0.05, 0) is 6.42 Å². The van der Waals surface area contributed by atoms with E-state index < -0.39 is 0 Å². The van der Waals surface area contributed by atoms with Crippen molar-refractivity contribution in [3.8, 4) is 0 Å². The Hall–Kier alpha value is -0.0106. The molecule has 0 unspecified atom stereocenters. The summed E-state index contributed by atoms with van der Waals surface area (Å²) in [6.07, 6.45) is 1.16. The number of carbonyl (C=O) groups excluding carboxylic acids is 2. The van der Waals surface area contributed by atoms with Gasteiger partial charge in [0.25, 0.3) is 0 Å². The molecule has 2 nitrogen and oxygen atoms in total. The minimum atomic E-state index is -0.327. The Morgan fingerprint density at radius 1 is 1.33 bits per heavy atom. The van der Waals surface area contributed by atoms with Crippen molar-refractivity contribution >= 4 is 11.6 Å². The van der Waals surface area contributed by atoms with E-state index in [1.54, 1.807) is 0 Å². The van der Waals surface area contributed by atoms with Crippen molar-refractivity contribution in [3.05, 3.63) is 0 Å². The van der Waals surface area contributed by atoms with Crippen molar-refractivity contribution in [3.63, 3.8) is 0 Å². The van der Waals surface area contributed by atoms with Crippen LogP contribution >= 0.6 is 0 Å². The summed E-state index contributed by atoms with van der Waals surface area (Å²) in [7, 11) is 0. The molecule has 0 bridgehead atoms. The Morgan fingerprint density at radius 2 is 1.78 bits per heavy atom. The molecule has 0 aromatic rings. The number of hydrogen-bond donors (Lipinski definition) is 0. The Balaban J connectivity index is 0. The van der Waals surface area contributed by atoms with Gasteiger partial charge in [0, 0.05) is 33.4 Å². The van der Waals surface area contributed by atoms with E-state index in [0.29, 0.717) is 6.42 Å². The van der Waals surface area contributed by atoms with E-state index in [0.717, 1.165) is 6.42 Å². The summed E-state index contributed by atoms with van der Waals surface area (Å²) < 4.78 is 0. The maximum Gasteiger partial charge on any atom is 0.198 e. The molecule has 55 valence electrons. The Labute approximate surface area is 68.4 Å². The fourth-order valence-corrected chi connectivity index (χ4v) is 0.403. The molecule has 0 heterocycles. The molecule has 0 saturated carbocycles. The third-order valence-electron chi connectivity index (χ3n) is 0.870. The molecule has 0 N–H and O–H groups in total. The second-order valence-corrected chi connectivity index (χ2v) is 1.73. The minimum Gasteiger partial charge on any atom is -0.291 e. The molecule has 0 aromatic heterocycles. The van der Waals surface area contributed by atoms with Gasteiger partial charge in [0.05, 0.1) is 0 Å². The van der Waals surface area contributed by atoms with Crippen LogP contribution in [-0.4, -0.2) is 11.6 Å². The molecule has 3 heteroatoms. The Kier molecular flexibility index (Phi) is 7.98. The van der Waals surface area contributed by atoms with Gasteiger partial charge in [0.2, 0.25) is 0 Å². The smallest absolute Gasteiger partial charge is 0.198 e. The van der Waals surface area contributed by atoms with Gasteiger partial charge in [-0.1, -0.05) is 6.92 Å². The summed E-state index contributed by atoms with van der Waals surface area (Å²) in [6, 6.07) is 0. The van der Waals surface area contributed by atoms with E-state index in [-0.39, 0.29) is 31.7 Å². The second-order valence-electron chi connectivity index (χ2n) is 1.73. The van der Waals surface area contributed by atoms with Crippen LogP contribution in [0.2, 0.25) is 0 Å². The van der Waals surface area contributed by atoms with Gasteiger partial charge in [0.1, 0.15) is 0 Å². The van der Waals surface area contributed by atoms with Crippen molar-refractivity contribution in [1.82, 2.24) is 0 Å². The number of carbonyl (C=O) groups is 2. The molecule has 0 rings (SSSR count). The summed E-state index contributed by atoms with van der Waals surface area (Å²) >= 11 is 0. The van der Waals surface area contributed by atoms with Crippen LogP contribution in [-0.2, 0) is 29.7 Å². The van der Waals surface area contributed by atoms with Gasteiger partial charge in [-0.25, -0.2) is 0 Å². The first-order valence-corrected chi connectivity index (χ1v) is 2.72. The molecular formula is C6H10IrO2. The Morgan fingerprint density at radius 3 is 1.89 bits per heavy atom. The predicted molar refractivity (Wildman–Crippen MR) is 30.6 cm³/mol. The van der Waals surface area contributed by atoms with E-state index in [1.807, 2.05) is 6.92 Å². The van der Waals surface area contributed by atoms with Crippen LogP contribution in [0.1, 0.15) is 26.7 Å². The molecule has 0 aliphatic carbocycles. The summed E-state index contributed by atoms with van der Waals surface area (Å²) in [6.45, 7) is 3.18. The zero-order valence-corrected chi connectivity index (χ0v) is 7.96. The third kappa shape index (κ3) is 5.87. The molecule has 0 aliphatic heterocycles. The van der Waals surface area contributed by atoms with E-state index in [4.69, 9.17) is 0 Å². The maximum absolute atomic E-state index is 10.4. The van der Waals surface area contributed by atoms with Gasteiger partial charge in [-0.2, -0.15) is 0 Å². The number of Topliss-reactive ketones (excluding diaryl/α,β-unsaturated/α-hetero) is 2. The van der Waals surface area contributed by atoms with Crippen LogP contribution in [0.4, 0.5) is 0 Å². The third-order valence-corrected chi connectivity index (χ3v) is 0.870. The van der Waals surface area contributed by atoms with Crippen LogP contribution in [0.15, 0.2) is 0 Å². The van der Waals surface area contributed by atoms with Crippen molar-refractivity contribution in [2.45, 2.75) is 26.7 Å². The first-order valence-electron chi connectivity index (χ1n) is 2.72. The van der Waals surface area contributed by atoms with Crippen LogP contribution in [0.25, 0.3) is 0 Å². The molecule has 0 aromatic carbocycles. The number of hydrogen-bond acceptors (Lipinski definition) is 2. The van der Waals surface area contributed by atoms with E-state index in [1.165, 1.54) is 6.92 Å². The Bertz CT molecular complexity index is 110. The van der Waals surface area contributed by atoms with Crippen LogP contribution in [0, 0.1) is 0 Å². The monoisotopic (exact) mass is 307 g/mol. The molecule has 0 fully saturated rings. The molecule has 9 heavy (non-hydrogen) atoms. The zero-order valence-electron chi connectivity index (χ0n) is 5.56. The van der Waals surface area contributed by atoms with Gasteiger partial charge in [0.15, 0.2) is 11.6 Å². The first-order chi connectivity index (χ1) is 3.68. The summed E-state index contributed by atoms with van der Waals surface area (Å²) in [5.74, 6) is -0.584. The molecule has 1 radical (unpaired) electrons. The van der Waals surface area contributed by atoms with Crippen molar-refractivity contribution in [1.29, 1.82) is 0 Å². The van der Waals surface area contributed by atoms with Crippen molar-refractivity contribution in [2.24, 2.45) is 0 Å². The maximum atomic E-state index is 10.4. The number of ketones is 2. The van der Waals surface area contributed by atoms with Crippen LogP contribution in [0.5, 0.6) is 0 Å². The molecular weight excluding hydrogens is 296 g/mol. The van der Waals surface area contributed by atoms with Gasteiger partial charge < -0.3 is 0 Å². The normalized spacial score (nSPS) is 7.78. The molecule has 0 amide bonds. The molecule has 0 atom stereocenters. The quantitative estimate of drug-likeness (QED) is 0.727. The SMILES string of the molecule is CCCC(=O)C(C)=O.[Ir]. The zero-order chi connectivity index (χ0) is 6.57. The molecule has 0 spiro atoms. The van der Waals surface area contributed by atoms with Gasteiger partial charge in [-0.15, -0.1) is 0 Å². The standard InChI is InChI=1S/C6H10O2.Ir/c1-3-4-6(8)5(2)7;/h3-4H2,1-2H3;. The largest absolute Gasteiger partial charge is 0.291 e. The number of rotatable bonds is 3. The van der Waals surface area contributed by atoms with Crippen LogP contribution in [0.3, 0.4) is 0 Å². The fraction of sp³-hybridized carbons (Fsp3) is 0.667. The van der Waals surface area contributed by atoms with Crippen molar-refractivity contribution < 1.29 is 29.7 Å². The predicted octanol–water partition coefficient (Wildman–Crippen LogP) is 0.942. The average molecular weight is 306 g/mol.